The highest BCUT2D eigenvalue weighted by molar-refractivity contribution is 5.43. The normalized spacial score (nSPS) is 10.1. The summed E-state index contributed by atoms with van der Waals surface area (Å²) in [6.07, 6.45) is 0. The van der Waals surface area contributed by atoms with Gasteiger partial charge < -0.3 is 0 Å². The number of aromatic nitrogens is 3. The summed E-state index contributed by atoms with van der Waals surface area (Å²) in [6, 6.07) is 6.77. The summed E-state index contributed by atoms with van der Waals surface area (Å²) in [5, 5.41) is 23.7. The molecule has 0 saturated carbocycles. The van der Waals surface area contributed by atoms with Gasteiger partial charge in [0.05, 0.1) is 4.92 Å². The lowest BCUT2D eigenvalue weighted by molar-refractivity contribution is -0.386. The van der Waals surface area contributed by atoms with E-state index in [0.29, 0.717) is 17.2 Å². The molecular formula is C11H9N5O2. The van der Waals surface area contributed by atoms with Crippen molar-refractivity contribution in [2.45, 2.75) is 13.8 Å². The Labute approximate surface area is 102 Å². The van der Waals surface area contributed by atoms with E-state index >= 15 is 0 Å². The van der Waals surface area contributed by atoms with E-state index in [1.807, 2.05) is 6.07 Å². The Morgan fingerprint density at radius 2 is 2.17 bits per heavy atom. The second-order valence-electron chi connectivity index (χ2n) is 3.68. The van der Waals surface area contributed by atoms with E-state index in [1.165, 1.54) is 4.68 Å². The molecule has 0 amide bonds. The van der Waals surface area contributed by atoms with Crippen LogP contribution in [-0.4, -0.2) is 19.7 Å². The molecule has 2 heterocycles. The lowest BCUT2D eigenvalue weighted by Crippen LogP contribution is -2.03. The van der Waals surface area contributed by atoms with Gasteiger partial charge in [-0.15, -0.1) is 0 Å². The van der Waals surface area contributed by atoms with E-state index in [-0.39, 0.29) is 11.4 Å². The molecule has 0 saturated heterocycles. The minimum Gasteiger partial charge on any atom is -0.258 e. The third-order valence-corrected chi connectivity index (χ3v) is 2.50. The van der Waals surface area contributed by atoms with Crippen molar-refractivity contribution >= 4 is 5.69 Å². The Kier molecular flexibility index (Phi) is 2.77. The molecule has 90 valence electrons. The van der Waals surface area contributed by atoms with Gasteiger partial charge in [-0.3, -0.25) is 10.1 Å². The molecule has 0 fully saturated rings. The molecule has 7 heteroatoms. The van der Waals surface area contributed by atoms with Crippen LogP contribution in [0, 0.1) is 35.3 Å². The molecule has 0 aliphatic rings. The average Bonchev–Trinajstić information content (AvgIpc) is 2.65. The number of hydrogen-bond donors (Lipinski definition) is 0. The van der Waals surface area contributed by atoms with E-state index in [1.54, 1.807) is 32.0 Å². The zero-order chi connectivity index (χ0) is 13.3. The molecule has 2 aromatic rings. The summed E-state index contributed by atoms with van der Waals surface area (Å²) in [4.78, 5) is 14.5. The van der Waals surface area contributed by atoms with Crippen LogP contribution in [0.15, 0.2) is 18.2 Å². The predicted octanol–water partition coefficient (Wildman–Crippen LogP) is 1.66. The van der Waals surface area contributed by atoms with Gasteiger partial charge in [0, 0.05) is 0 Å². The standard InChI is InChI=1S/C11H9N5O2/c1-7-11(16(17)18)8(2)15(14-7)10-5-3-4-9(6-12)13-10/h3-5H,1-2H3. The highest BCUT2D eigenvalue weighted by atomic mass is 16.6. The quantitative estimate of drug-likeness (QED) is 0.590. The van der Waals surface area contributed by atoms with E-state index in [2.05, 4.69) is 10.1 Å². The first-order chi connectivity index (χ1) is 8.54. The van der Waals surface area contributed by atoms with E-state index < -0.39 is 4.92 Å². The molecule has 0 radical (unpaired) electrons. The molecule has 0 aliphatic heterocycles. The summed E-state index contributed by atoms with van der Waals surface area (Å²) in [5.74, 6) is 0.391. The number of nitro groups is 1. The van der Waals surface area contributed by atoms with Gasteiger partial charge in [-0.2, -0.15) is 10.4 Å². The summed E-state index contributed by atoms with van der Waals surface area (Å²) in [6.45, 7) is 3.16. The molecule has 2 rings (SSSR count). The molecule has 7 nitrogen and oxygen atoms in total. The Morgan fingerprint density at radius 3 is 2.72 bits per heavy atom. The Hall–Kier alpha value is -2.75. The lowest BCUT2D eigenvalue weighted by Gasteiger charge is -2.01. The van der Waals surface area contributed by atoms with Crippen molar-refractivity contribution in [1.29, 1.82) is 5.26 Å². The van der Waals surface area contributed by atoms with Crippen LogP contribution in [0.3, 0.4) is 0 Å². The second-order valence-corrected chi connectivity index (χ2v) is 3.68. The van der Waals surface area contributed by atoms with Crippen molar-refractivity contribution in [2.75, 3.05) is 0 Å². The summed E-state index contributed by atoms with van der Waals surface area (Å²) < 4.78 is 1.37. The first-order valence-electron chi connectivity index (χ1n) is 5.12. The fourth-order valence-electron chi connectivity index (χ4n) is 1.73. The number of pyridine rings is 1. The average molecular weight is 243 g/mol. The first kappa shape index (κ1) is 11.7. The molecule has 2 aromatic heterocycles. The molecule has 0 unspecified atom stereocenters. The fraction of sp³-hybridized carbons (Fsp3) is 0.182. The third-order valence-electron chi connectivity index (χ3n) is 2.50. The maximum Gasteiger partial charge on any atom is 0.313 e. The Morgan fingerprint density at radius 1 is 1.44 bits per heavy atom. The maximum absolute atomic E-state index is 10.9. The Bertz CT molecular complexity index is 669. The highest BCUT2D eigenvalue weighted by Gasteiger charge is 2.22. The monoisotopic (exact) mass is 243 g/mol. The van der Waals surface area contributed by atoms with Crippen LogP contribution in [0.4, 0.5) is 5.69 Å². The molecule has 18 heavy (non-hydrogen) atoms. The largest absolute Gasteiger partial charge is 0.313 e. The van der Waals surface area contributed by atoms with Crippen molar-refractivity contribution in [2.24, 2.45) is 0 Å². The zero-order valence-corrected chi connectivity index (χ0v) is 9.78. The van der Waals surface area contributed by atoms with Crippen LogP contribution < -0.4 is 0 Å². The van der Waals surface area contributed by atoms with Crippen molar-refractivity contribution in [3.05, 3.63) is 45.4 Å². The van der Waals surface area contributed by atoms with Crippen molar-refractivity contribution in [1.82, 2.24) is 14.8 Å². The van der Waals surface area contributed by atoms with Gasteiger partial charge in [-0.25, -0.2) is 9.67 Å². The van der Waals surface area contributed by atoms with Crippen LogP contribution in [-0.2, 0) is 0 Å². The van der Waals surface area contributed by atoms with Crippen molar-refractivity contribution < 1.29 is 4.92 Å². The van der Waals surface area contributed by atoms with Crippen LogP contribution in [0.1, 0.15) is 17.1 Å². The third kappa shape index (κ3) is 1.80. The highest BCUT2D eigenvalue weighted by Crippen LogP contribution is 2.23. The fourth-order valence-corrected chi connectivity index (χ4v) is 1.73. The smallest absolute Gasteiger partial charge is 0.258 e. The number of nitriles is 1. The topological polar surface area (TPSA) is 97.6 Å². The van der Waals surface area contributed by atoms with Gasteiger partial charge in [0.1, 0.15) is 23.2 Å². The minimum atomic E-state index is -0.470. The van der Waals surface area contributed by atoms with Crippen molar-refractivity contribution in [3.8, 4) is 11.9 Å². The van der Waals surface area contributed by atoms with E-state index in [0.717, 1.165) is 0 Å². The predicted molar refractivity (Wildman–Crippen MR) is 62.2 cm³/mol. The van der Waals surface area contributed by atoms with Gasteiger partial charge in [-0.1, -0.05) is 6.07 Å². The second kappa shape index (κ2) is 4.25. The molecule has 0 aromatic carbocycles. The summed E-state index contributed by atoms with van der Waals surface area (Å²) in [7, 11) is 0. The van der Waals surface area contributed by atoms with Crippen LogP contribution in [0.5, 0.6) is 0 Å². The van der Waals surface area contributed by atoms with E-state index in [4.69, 9.17) is 5.26 Å². The SMILES string of the molecule is Cc1nn(-c2cccc(C#N)n2)c(C)c1[N+](=O)[O-]. The van der Waals surface area contributed by atoms with Crippen LogP contribution in [0.25, 0.3) is 5.82 Å². The first-order valence-corrected chi connectivity index (χ1v) is 5.12. The van der Waals surface area contributed by atoms with Gasteiger partial charge in [0.2, 0.25) is 0 Å². The number of aryl methyl sites for hydroxylation is 1. The molecule has 0 atom stereocenters. The van der Waals surface area contributed by atoms with E-state index in [9.17, 15) is 10.1 Å². The molecule has 0 spiro atoms. The number of hydrogen-bond acceptors (Lipinski definition) is 5. The maximum atomic E-state index is 10.9. The number of rotatable bonds is 2. The lowest BCUT2D eigenvalue weighted by atomic mass is 10.3. The molecule has 0 aliphatic carbocycles. The molecule has 0 N–H and O–H groups in total. The Balaban J connectivity index is 2.62. The zero-order valence-electron chi connectivity index (χ0n) is 9.78. The van der Waals surface area contributed by atoms with Gasteiger partial charge in [0.25, 0.3) is 0 Å². The molecular weight excluding hydrogens is 234 g/mol. The van der Waals surface area contributed by atoms with Gasteiger partial charge in [-0.05, 0) is 26.0 Å². The molecule has 0 bridgehead atoms. The summed E-state index contributed by atoms with van der Waals surface area (Å²) >= 11 is 0. The summed E-state index contributed by atoms with van der Waals surface area (Å²) in [5.41, 5.74) is 0.920. The van der Waals surface area contributed by atoms with Gasteiger partial charge >= 0.3 is 5.69 Å². The minimum absolute atomic E-state index is 0.0286. The van der Waals surface area contributed by atoms with Crippen LogP contribution in [0.2, 0.25) is 0 Å². The van der Waals surface area contributed by atoms with Crippen LogP contribution >= 0.6 is 0 Å². The van der Waals surface area contributed by atoms with Crippen molar-refractivity contribution in [3.63, 3.8) is 0 Å². The number of nitrogens with zero attached hydrogens (tertiary/aromatic N) is 5. The van der Waals surface area contributed by atoms with Gasteiger partial charge in [0.15, 0.2) is 5.82 Å².